The summed E-state index contributed by atoms with van der Waals surface area (Å²) >= 11 is 0. The van der Waals surface area contributed by atoms with Gasteiger partial charge in [-0.3, -0.25) is 4.98 Å². The highest BCUT2D eigenvalue weighted by Gasteiger charge is 2.14. The fraction of sp³-hybridized carbons (Fsp3) is 0.615. The molecule has 1 aromatic heterocycles. The van der Waals surface area contributed by atoms with Gasteiger partial charge in [-0.05, 0) is 50.9 Å². The summed E-state index contributed by atoms with van der Waals surface area (Å²) < 4.78 is 5.36. The van der Waals surface area contributed by atoms with E-state index in [0.717, 1.165) is 19.5 Å². The van der Waals surface area contributed by atoms with Crippen molar-refractivity contribution < 1.29 is 4.74 Å². The van der Waals surface area contributed by atoms with E-state index in [1.807, 2.05) is 18.5 Å². The van der Waals surface area contributed by atoms with Crippen molar-refractivity contribution in [1.82, 2.24) is 10.3 Å². The molecular weight excluding hydrogens is 200 g/mol. The lowest BCUT2D eigenvalue weighted by molar-refractivity contribution is 0.0158. The van der Waals surface area contributed by atoms with E-state index >= 15 is 0 Å². The smallest absolute Gasteiger partial charge is 0.0634 e. The molecule has 1 aromatic rings. The molecule has 0 unspecified atom stereocenters. The van der Waals surface area contributed by atoms with E-state index in [0.29, 0.717) is 0 Å². The Labute approximate surface area is 98.2 Å². The molecule has 0 bridgehead atoms. The molecule has 1 N–H and O–H groups in total. The lowest BCUT2D eigenvalue weighted by Gasteiger charge is -2.22. The van der Waals surface area contributed by atoms with Crippen molar-refractivity contribution in [2.24, 2.45) is 0 Å². The van der Waals surface area contributed by atoms with Crippen LogP contribution in [0.25, 0.3) is 0 Å². The van der Waals surface area contributed by atoms with Crippen molar-refractivity contribution in [2.75, 3.05) is 13.7 Å². The minimum Gasteiger partial charge on any atom is -0.379 e. The van der Waals surface area contributed by atoms with Crippen molar-refractivity contribution in [3.8, 4) is 0 Å². The molecule has 0 aliphatic rings. The highest BCUT2D eigenvalue weighted by Crippen LogP contribution is 2.11. The van der Waals surface area contributed by atoms with Crippen LogP contribution in [0.2, 0.25) is 0 Å². The van der Waals surface area contributed by atoms with E-state index in [9.17, 15) is 0 Å². The van der Waals surface area contributed by atoms with Crippen LogP contribution in [0, 0.1) is 6.92 Å². The number of hydrogen-bond acceptors (Lipinski definition) is 3. The molecule has 0 saturated heterocycles. The van der Waals surface area contributed by atoms with Gasteiger partial charge >= 0.3 is 0 Å². The number of aryl methyl sites for hydroxylation is 1. The number of nitrogens with one attached hydrogen (secondary N) is 1. The highest BCUT2D eigenvalue weighted by atomic mass is 16.5. The second kappa shape index (κ2) is 5.97. The minimum atomic E-state index is -0.0447. The van der Waals surface area contributed by atoms with Crippen molar-refractivity contribution >= 4 is 0 Å². The number of hydrogen-bond donors (Lipinski definition) is 1. The molecule has 3 nitrogen and oxygen atoms in total. The summed E-state index contributed by atoms with van der Waals surface area (Å²) in [5, 5.41) is 3.41. The Bertz CT molecular complexity index is 323. The SMILES string of the molecule is COC(C)(C)CCNCc1cnccc1C. The van der Waals surface area contributed by atoms with Crippen molar-refractivity contribution in [3.05, 3.63) is 29.6 Å². The second-order valence-corrected chi connectivity index (χ2v) is 4.69. The molecule has 90 valence electrons. The largest absolute Gasteiger partial charge is 0.379 e. The molecule has 0 saturated carbocycles. The second-order valence-electron chi connectivity index (χ2n) is 4.69. The number of nitrogens with zero attached hydrogens (tertiary/aromatic N) is 1. The molecule has 1 heterocycles. The lowest BCUT2D eigenvalue weighted by atomic mass is 10.1. The minimum absolute atomic E-state index is 0.0447. The first-order valence-electron chi connectivity index (χ1n) is 5.70. The number of methoxy groups -OCH3 is 1. The van der Waals surface area contributed by atoms with E-state index in [-0.39, 0.29) is 5.60 Å². The maximum atomic E-state index is 5.36. The van der Waals surface area contributed by atoms with Gasteiger partial charge < -0.3 is 10.1 Å². The molecule has 0 spiro atoms. The zero-order valence-electron chi connectivity index (χ0n) is 10.7. The van der Waals surface area contributed by atoms with Crippen LogP contribution in [0.3, 0.4) is 0 Å². The third-order valence-electron chi connectivity index (χ3n) is 2.92. The van der Waals surface area contributed by atoms with Crippen molar-refractivity contribution in [1.29, 1.82) is 0 Å². The standard InChI is InChI=1S/C13H22N2O/c1-11-5-7-14-9-12(11)10-15-8-6-13(2,3)16-4/h5,7,9,15H,6,8,10H2,1-4H3. The number of pyridine rings is 1. The molecule has 0 radical (unpaired) electrons. The molecule has 16 heavy (non-hydrogen) atoms. The highest BCUT2D eigenvalue weighted by molar-refractivity contribution is 5.20. The molecule has 0 fully saturated rings. The van der Waals surface area contributed by atoms with Gasteiger partial charge in [-0.15, -0.1) is 0 Å². The third-order valence-corrected chi connectivity index (χ3v) is 2.92. The molecule has 1 rings (SSSR count). The van der Waals surface area contributed by atoms with Gasteiger partial charge in [0.1, 0.15) is 0 Å². The van der Waals surface area contributed by atoms with Gasteiger partial charge in [-0.25, -0.2) is 0 Å². The summed E-state index contributed by atoms with van der Waals surface area (Å²) in [4.78, 5) is 4.12. The first-order valence-corrected chi connectivity index (χ1v) is 5.70. The summed E-state index contributed by atoms with van der Waals surface area (Å²) in [6, 6.07) is 2.04. The molecular formula is C13H22N2O. The number of ether oxygens (including phenoxy) is 1. The monoisotopic (exact) mass is 222 g/mol. The molecule has 0 aliphatic carbocycles. The van der Waals surface area contributed by atoms with Crippen molar-refractivity contribution in [3.63, 3.8) is 0 Å². The average Bonchev–Trinajstić information content (AvgIpc) is 2.27. The van der Waals surface area contributed by atoms with E-state index in [2.05, 4.69) is 31.1 Å². The van der Waals surface area contributed by atoms with Gasteiger partial charge in [-0.1, -0.05) is 0 Å². The van der Waals surface area contributed by atoms with Gasteiger partial charge in [0.15, 0.2) is 0 Å². The van der Waals surface area contributed by atoms with Crippen LogP contribution in [0.1, 0.15) is 31.4 Å². The first kappa shape index (κ1) is 13.1. The van der Waals surface area contributed by atoms with Gasteiger partial charge in [-0.2, -0.15) is 0 Å². The molecule has 3 heteroatoms. The lowest BCUT2D eigenvalue weighted by Crippen LogP contribution is -2.28. The van der Waals surface area contributed by atoms with Gasteiger partial charge in [0.2, 0.25) is 0 Å². The Morgan fingerprint density at radius 3 is 2.81 bits per heavy atom. The maximum Gasteiger partial charge on any atom is 0.0634 e. The summed E-state index contributed by atoms with van der Waals surface area (Å²) in [6.07, 6.45) is 4.75. The molecule has 0 aliphatic heterocycles. The molecule has 0 amide bonds. The first-order chi connectivity index (χ1) is 7.55. The maximum absolute atomic E-state index is 5.36. The number of aromatic nitrogens is 1. The Balaban J connectivity index is 2.29. The van der Waals surface area contributed by atoms with E-state index < -0.39 is 0 Å². The Hall–Kier alpha value is -0.930. The summed E-state index contributed by atoms with van der Waals surface area (Å²) in [7, 11) is 1.76. The van der Waals surface area contributed by atoms with Gasteiger partial charge in [0.05, 0.1) is 5.60 Å². The molecule has 0 aromatic carbocycles. The quantitative estimate of drug-likeness (QED) is 0.750. The summed E-state index contributed by atoms with van der Waals surface area (Å²) in [5.41, 5.74) is 2.50. The van der Waals surface area contributed by atoms with E-state index in [1.165, 1.54) is 11.1 Å². The van der Waals surface area contributed by atoms with Crippen LogP contribution in [-0.4, -0.2) is 24.2 Å². The summed E-state index contributed by atoms with van der Waals surface area (Å²) in [6.45, 7) is 8.14. The van der Waals surface area contributed by atoms with Crippen molar-refractivity contribution in [2.45, 2.75) is 39.3 Å². The molecule has 0 atom stereocenters. The third kappa shape index (κ3) is 4.29. The zero-order valence-corrected chi connectivity index (χ0v) is 10.7. The Morgan fingerprint density at radius 1 is 1.44 bits per heavy atom. The number of rotatable bonds is 6. The van der Waals surface area contributed by atoms with Gasteiger partial charge in [0.25, 0.3) is 0 Å². The predicted molar refractivity (Wildman–Crippen MR) is 66.4 cm³/mol. The topological polar surface area (TPSA) is 34.1 Å². The van der Waals surface area contributed by atoms with Gasteiger partial charge in [0, 0.05) is 26.0 Å². The van der Waals surface area contributed by atoms with Crippen LogP contribution in [0.5, 0.6) is 0 Å². The summed E-state index contributed by atoms with van der Waals surface area (Å²) in [5.74, 6) is 0. The predicted octanol–water partition coefficient (Wildman–Crippen LogP) is 2.29. The van der Waals surface area contributed by atoms with Crippen LogP contribution in [0.4, 0.5) is 0 Å². The van der Waals surface area contributed by atoms with E-state index in [1.54, 1.807) is 7.11 Å². The fourth-order valence-corrected chi connectivity index (χ4v) is 1.40. The fourth-order valence-electron chi connectivity index (χ4n) is 1.40. The average molecular weight is 222 g/mol. The Morgan fingerprint density at radius 2 is 2.19 bits per heavy atom. The van der Waals surface area contributed by atoms with Crippen LogP contribution >= 0.6 is 0 Å². The van der Waals surface area contributed by atoms with E-state index in [4.69, 9.17) is 4.74 Å². The zero-order chi connectivity index (χ0) is 12.0. The van der Waals surface area contributed by atoms with Crippen LogP contribution < -0.4 is 5.32 Å². The Kier molecular flexibility index (Phi) is 4.90. The van der Waals surface area contributed by atoms with Crippen LogP contribution in [0.15, 0.2) is 18.5 Å². The van der Waals surface area contributed by atoms with Crippen LogP contribution in [-0.2, 0) is 11.3 Å². The normalized spacial score (nSPS) is 11.8.